The van der Waals surface area contributed by atoms with Gasteiger partial charge in [0.05, 0.1) is 12.0 Å². The average Bonchev–Trinajstić information content (AvgIpc) is 2.49. The van der Waals surface area contributed by atoms with E-state index in [4.69, 9.17) is 0 Å². The van der Waals surface area contributed by atoms with Crippen molar-refractivity contribution in [3.8, 4) is 0 Å². The number of benzene rings is 2. The third-order valence-corrected chi connectivity index (χ3v) is 3.54. The van der Waals surface area contributed by atoms with Gasteiger partial charge in [-0.15, -0.1) is 0 Å². The van der Waals surface area contributed by atoms with Gasteiger partial charge in [-0.3, -0.25) is 0 Å². The number of rotatable bonds is 5. The fourth-order valence-corrected chi connectivity index (χ4v) is 2.11. The predicted molar refractivity (Wildman–Crippen MR) is 86.8 cm³/mol. The molecule has 2 aromatic rings. The van der Waals surface area contributed by atoms with E-state index in [0.29, 0.717) is 17.7 Å². The number of hydrogen-bond acceptors (Lipinski definition) is 1. The molecule has 0 aliphatic heterocycles. The minimum Gasteiger partial charge on any atom is -0.366 e. The molecule has 116 valence electrons. The van der Waals surface area contributed by atoms with Crippen LogP contribution in [0.1, 0.15) is 23.6 Å². The molecule has 0 N–H and O–H groups in total. The summed E-state index contributed by atoms with van der Waals surface area (Å²) < 4.78 is 27.4. The topological polar surface area (TPSA) is 15.6 Å². The molecule has 0 aromatic heterocycles. The Hall–Kier alpha value is -2.23. The lowest BCUT2D eigenvalue weighted by Crippen LogP contribution is -2.14. The lowest BCUT2D eigenvalue weighted by molar-refractivity contribution is 0.552. The van der Waals surface area contributed by atoms with Crippen molar-refractivity contribution in [3.63, 3.8) is 0 Å². The van der Waals surface area contributed by atoms with E-state index < -0.39 is 0 Å². The molecule has 22 heavy (non-hydrogen) atoms. The summed E-state index contributed by atoms with van der Waals surface area (Å²) in [5.74, 6) is -0.625. The second-order valence-corrected chi connectivity index (χ2v) is 5.35. The molecule has 2 rings (SSSR count). The number of aliphatic imine (C=N–C) groups is 1. The molecule has 0 fully saturated rings. The van der Waals surface area contributed by atoms with E-state index in [2.05, 4.69) is 4.99 Å². The highest BCUT2D eigenvalue weighted by atomic mass is 19.1. The first-order valence-corrected chi connectivity index (χ1v) is 7.27. The summed E-state index contributed by atoms with van der Waals surface area (Å²) in [5.41, 5.74) is 2.81. The summed E-state index contributed by atoms with van der Waals surface area (Å²) in [6, 6.07) is 9.45. The molecule has 0 saturated carbocycles. The molecule has 0 atom stereocenters. The zero-order valence-electron chi connectivity index (χ0n) is 13.1. The Kier molecular flexibility index (Phi) is 5.26. The van der Waals surface area contributed by atoms with Crippen LogP contribution in [-0.2, 0) is 6.42 Å². The van der Waals surface area contributed by atoms with Crippen LogP contribution in [0.4, 0.5) is 14.5 Å². The molecule has 0 bridgehead atoms. The van der Waals surface area contributed by atoms with Crippen molar-refractivity contribution in [3.05, 3.63) is 64.7 Å². The van der Waals surface area contributed by atoms with Gasteiger partial charge in [0.25, 0.3) is 0 Å². The molecule has 2 nitrogen and oxygen atoms in total. The fraction of sp³-hybridized carbons (Fsp3) is 0.278. The molecule has 2 aromatic carbocycles. The molecule has 0 radical (unpaired) electrons. The molecule has 0 heterocycles. The van der Waals surface area contributed by atoms with Crippen LogP contribution in [0.5, 0.6) is 0 Å². The van der Waals surface area contributed by atoms with E-state index in [1.165, 1.54) is 18.2 Å². The molecule has 0 amide bonds. The minimum absolute atomic E-state index is 0.307. The maximum atomic E-state index is 14.2. The van der Waals surface area contributed by atoms with E-state index in [1.807, 2.05) is 25.8 Å². The maximum absolute atomic E-state index is 14.2. The number of hydrogen-bond donors (Lipinski definition) is 0. The smallest absolute Gasteiger partial charge is 0.128 e. The van der Waals surface area contributed by atoms with Crippen molar-refractivity contribution in [1.29, 1.82) is 0 Å². The Morgan fingerprint density at radius 1 is 1.18 bits per heavy atom. The van der Waals surface area contributed by atoms with Gasteiger partial charge >= 0.3 is 0 Å². The first kappa shape index (κ1) is 16.1. The quantitative estimate of drug-likeness (QED) is 0.587. The van der Waals surface area contributed by atoms with Crippen LogP contribution >= 0.6 is 0 Å². The summed E-state index contributed by atoms with van der Waals surface area (Å²) in [4.78, 5) is 6.22. The van der Waals surface area contributed by atoms with Gasteiger partial charge in [-0.1, -0.05) is 18.2 Å². The summed E-state index contributed by atoms with van der Waals surface area (Å²) in [6.45, 7) is 4.75. The van der Waals surface area contributed by atoms with Crippen molar-refractivity contribution < 1.29 is 8.78 Å². The molecular weight excluding hydrogens is 282 g/mol. The standard InChI is InChI=1S/C18H20F2N2/c1-4-22(3)12-21-18-11-17(20)15(8-13(18)2)9-14-6-5-7-16(19)10-14/h5-8,10-12H,4,9H2,1-3H3/b21-12+. The third-order valence-electron chi connectivity index (χ3n) is 3.54. The highest BCUT2D eigenvalue weighted by Gasteiger charge is 2.08. The molecular formula is C18H20F2N2. The Morgan fingerprint density at radius 2 is 1.95 bits per heavy atom. The van der Waals surface area contributed by atoms with Gasteiger partial charge in [-0.05, 0) is 42.7 Å². The lowest BCUT2D eigenvalue weighted by Gasteiger charge is -2.10. The van der Waals surface area contributed by atoms with Gasteiger partial charge in [-0.2, -0.15) is 0 Å². The lowest BCUT2D eigenvalue weighted by atomic mass is 10.0. The molecule has 0 unspecified atom stereocenters. The monoisotopic (exact) mass is 302 g/mol. The molecule has 4 heteroatoms. The highest BCUT2D eigenvalue weighted by molar-refractivity contribution is 5.63. The van der Waals surface area contributed by atoms with Gasteiger partial charge in [-0.25, -0.2) is 13.8 Å². The summed E-state index contributed by atoms with van der Waals surface area (Å²) in [5, 5.41) is 0. The fourth-order valence-electron chi connectivity index (χ4n) is 2.11. The second kappa shape index (κ2) is 7.16. The number of halogens is 2. The number of aryl methyl sites for hydroxylation is 1. The van der Waals surface area contributed by atoms with Gasteiger partial charge in [0.15, 0.2) is 0 Å². The average molecular weight is 302 g/mol. The normalized spacial score (nSPS) is 11.1. The first-order chi connectivity index (χ1) is 10.5. The molecule has 0 aliphatic carbocycles. The van der Waals surface area contributed by atoms with Gasteiger partial charge in [0, 0.05) is 26.1 Å². The van der Waals surface area contributed by atoms with E-state index >= 15 is 0 Å². The maximum Gasteiger partial charge on any atom is 0.128 e. The SMILES string of the molecule is CCN(C)/C=N/c1cc(F)c(Cc2cccc(F)c2)cc1C. The van der Waals surface area contributed by atoms with Crippen molar-refractivity contribution in [2.75, 3.05) is 13.6 Å². The van der Waals surface area contributed by atoms with Crippen LogP contribution in [0.25, 0.3) is 0 Å². The van der Waals surface area contributed by atoms with Crippen LogP contribution in [-0.4, -0.2) is 24.8 Å². The van der Waals surface area contributed by atoms with Crippen molar-refractivity contribution >= 4 is 12.0 Å². The van der Waals surface area contributed by atoms with Crippen LogP contribution in [0.2, 0.25) is 0 Å². The van der Waals surface area contributed by atoms with Gasteiger partial charge in [0.1, 0.15) is 11.6 Å². The van der Waals surface area contributed by atoms with Crippen molar-refractivity contribution in [2.45, 2.75) is 20.3 Å². The molecule has 0 spiro atoms. The zero-order chi connectivity index (χ0) is 16.1. The van der Waals surface area contributed by atoms with Crippen molar-refractivity contribution in [2.24, 2.45) is 4.99 Å². The van der Waals surface area contributed by atoms with E-state index in [9.17, 15) is 8.78 Å². The van der Waals surface area contributed by atoms with Gasteiger partial charge < -0.3 is 4.90 Å². The van der Waals surface area contributed by atoms with Gasteiger partial charge in [0.2, 0.25) is 0 Å². The minimum atomic E-state index is -0.318. The summed E-state index contributed by atoms with van der Waals surface area (Å²) in [6.07, 6.45) is 2.05. The molecule has 0 aliphatic rings. The van der Waals surface area contributed by atoms with E-state index in [1.54, 1.807) is 24.5 Å². The van der Waals surface area contributed by atoms with Crippen LogP contribution in [0.15, 0.2) is 41.4 Å². The Bertz CT molecular complexity index is 681. The van der Waals surface area contributed by atoms with Crippen LogP contribution in [0, 0.1) is 18.6 Å². The van der Waals surface area contributed by atoms with E-state index in [-0.39, 0.29) is 11.6 Å². The Balaban J connectivity index is 2.24. The predicted octanol–water partition coefficient (Wildman–Crippen LogP) is 4.48. The molecule has 0 saturated heterocycles. The van der Waals surface area contributed by atoms with E-state index in [0.717, 1.165) is 17.7 Å². The zero-order valence-corrected chi connectivity index (χ0v) is 13.1. The summed E-state index contributed by atoms with van der Waals surface area (Å²) in [7, 11) is 1.91. The second-order valence-electron chi connectivity index (χ2n) is 5.35. The third kappa shape index (κ3) is 4.13. The van der Waals surface area contributed by atoms with Crippen LogP contribution in [0.3, 0.4) is 0 Å². The largest absolute Gasteiger partial charge is 0.366 e. The highest BCUT2D eigenvalue weighted by Crippen LogP contribution is 2.24. The van der Waals surface area contributed by atoms with Crippen molar-refractivity contribution in [1.82, 2.24) is 4.90 Å². The Labute approximate surface area is 130 Å². The summed E-state index contributed by atoms with van der Waals surface area (Å²) >= 11 is 0. The Morgan fingerprint density at radius 3 is 2.64 bits per heavy atom. The number of nitrogens with zero attached hydrogens (tertiary/aromatic N) is 2. The van der Waals surface area contributed by atoms with Crippen LogP contribution < -0.4 is 0 Å². The first-order valence-electron chi connectivity index (χ1n) is 7.27.